The molecule has 7 nitrogen and oxygen atoms in total. The fourth-order valence-corrected chi connectivity index (χ4v) is 2.74. The standard InChI is InChI=1S/C19H16N2O5/c1-2-23-15-5-3-4-11-8-13(18(20)26-17(11)15)19(22)21-12-6-7-14-16(9-12)25-10-24-14/h3-9,20H,2,10H2,1H3,(H,21,22). The highest BCUT2D eigenvalue weighted by Crippen LogP contribution is 2.34. The van der Waals surface area contributed by atoms with Crippen LogP contribution in [0.1, 0.15) is 17.3 Å². The van der Waals surface area contributed by atoms with Gasteiger partial charge in [-0.2, -0.15) is 0 Å². The number of benzene rings is 2. The molecule has 0 fully saturated rings. The summed E-state index contributed by atoms with van der Waals surface area (Å²) in [5, 5.41) is 11.5. The highest BCUT2D eigenvalue weighted by Gasteiger charge is 2.17. The molecule has 1 aliphatic rings. The van der Waals surface area contributed by atoms with Crippen LogP contribution in [-0.2, 0) is 0 Å². The lowest BCUT2D eigenvalue weighted by atomic mass is 10.1. The predicted octanol–water partition coefficient (Wildman–Crippen LogP) is 3.29. The SMILES string of the molecule is CCOc1cccc2cc(C(=O)Nc3ccc4c(c3)OCO4)c(=N)oc12. The van der Waals surface area contributed by atoms with Gasteiger partial charge >= 0.3 is 0 Å². The molecule has 26 heavy (non-hydrogen) atoms. The number of para-hydroxylation sites is 1. The number of hydrogen-bond donors (Lipinski definition) is 2. The number of carbonyl (C=O) groups excluding carboxylic acids is 1. The number of hydrogen-bond acceptors (Lipinski definition) is 6. The molecule has 2 N–H and O–H groups in total. The maximum absolute atomic E-state index is 12.6. The lowest BCUT2D eigenvalue weighted by Gasteiger charge is -2.09. The van der Waals surface area contributed by atoms with E-state index in [1.807, 2.05) is 13.0 Å². The molecule has 0 saturated carbocycles. The van der Waals surface area contributed by atoms with Gasteiger partial charge in [0.05, 0.1) is 6.61 Å². The van der Waals surface area contributed by atoms with Crippen LogP contribution in [0.4, 0.5) is 5.69 Å². The first kappa shape index (κ1) is 16.0. The first-order chi connectivity index (χ1) is 12.7. The fraction of sp³-hybridized carbons (Fsp3) is 0.158. The normalized spacial score (nSPS) is 12.2. The van der Waals surface area contributed by atoms with Crippen molar-refractivity contribution in [2.24, 2.45) is 0 Å². The highest BCUT2D eigenvalue weighted by molar-refractivity contribution is 6.05. The Hall–Kier alpha value is -3.48. The quantitative estimate of drug-likeness (QED) is 0.751. The molecule has 4 rings (SSSR count). The number of rotatable bonds is 4. The van der Waals surface area contributed by atoms with Crippen molar-refractivity contribution in [2.45, 2.75) is 6.92 Å². The maximum Gasteiger partial charge on any atom is 0.261 e. The van der Waals surface area contributed by atoms with Gasteiger partial charge in [-0.25, -0.2) is 0 Å². The van der Waals surface area contributed by atoms with Gasteiger partial charge in [-0.3, -0.25) is 10.2 Å². The zero-order valence-corrected chi connectivity index (χ0v) is 14.0. The Bertz CT molecular complexity index is 1060. The minimum atomic E-state index is -0.443. The Labute approximate surface area is 148 Å². The summed E-state index contributed by atoms with van der Waals surface area (Å²) in [6.45, 7) is 2.51. The monoisotopic (exact) mass is 352 g/mol. The van der Waals surface area contributed by atoms with Crippen molar-refractivity contribution in [1.82, 2.24) is 0 Å². The molecule has 3 aromatic rings. The Kier molecular flexibility index (Phi) is 3.96. The first-order valence-electron chi connectivity index (χ1n) is 8.11. The van der Waals surface area contributed by atoms with E-state index in [0.29, 0.717) is 40.5 Å². The molecule has 2 heterocycles. The minimum Gasteiger partial charge on any atom is -0.490 e. The predicted molar refractivity (Wildman–Crippen MR) is 93.8 cm³/mol. The van der Waals surface area contributed by atoms with Crippen molar-refractivity contribution in [3.05, 3.63) is 53.6 Å². The second kappa shape index (κ2) is 6.44. The van der Waals surface area contributed by atoms with E-state index in [2.05, 4.69) is 5.32 Å². The number of ether oxygens (including phenoxy) is 3. The topological polar surface area (TPSA) is 93.8 Å². The average Bonchev–Trinajstić information content (AvgIpc) is 3.09. The average molecular weight is 352 g/mol. The van der Waals surface area contributed by atoms with Crippen molar-refractivity contribution in [3.63, 3.8) is 0 Å². The van der Waals surface area contributed by atoms with Crippen molar-refractivity contribution < 1.29 is 23.4 Å². The Morgan fingerprint density at radius 3 is 2.88 bits per heavy atom. The molecule has 1 aliphatic heterocycles. The van der Waals surface area contributed by atoms with Crippen LogP contribution in [0.3, 0.4) is 0 Å². The van der Waals surface area contributed by atoms with E-state index in [-0.39, 0.29) is 17.9 Å². The van der Waals surface area contributed by atoms with Crippen LogP contribution in [0, 0.1) is 5.41 Å². The van der Waals surface area contributed by atoms with Crippen molar-refractivity contribution in [3.8, 4) is 17.2 Å². The first-order valence-corrected chi connectivity index (χ1v) is 8.11. The van der Waals surface area contributed by atoms with E-state index in [4.69, 9.17) is 24.0 Å². The summed E-state index contributed by atoms with van der Waals surface area (Å²) in [6, 6.07) is 12.1. The summed E-state index contributed by atoms with van der Waals surface area (Å²) in [5.74, 6) is 1.30. The van der Waals surface area contributed by atoms with Gasteiger partial charge in [0.2, 0.25) is 12.3 Å². The molecule has 0 saturated heterocycles. The summed E-state index contributed by atoms with van der Waals surface area (Å²) in [4.78, 5) is 12.6. The molecule has 0 spiro atoms. The van der Waals surface area contributed by atoms with Crippen LogP contribution >= 0.6 is 0 Å². The summed E-state index contributed by atoms with van der Waals surface area (Å²) in [5.41, 5.74) is 0.882. The van der Waals surface area contributed by atoms with Crippen molar-refractivity contribution >= 4 is 22.6 Å². The molecule has 1 amide bonds. The summed E-state index contributed by atoms with van der Waals surface area (Å²) >= 11 is 0. The minimum absolute atomic E-state index is 0.129. The Balaban J connectivity index is 1.66. The van der Waals surface area contributed by atoms with Crippen LogP contribution in [0.2, 0.25) is 0 Å². The molecular weight excluding hydrogens is 336 g/mol. The summed E-state index contributed by atoms with van der Waals surface area (Å²) in [6.07, 6.45) is 0. The maximum atomic E-state index is 12.6. The second-order valence-corrected chi connectivity index (χ2v) is 5.62. The Morgan fingerprint density at radius 2 is 2.04 bits per heavy atom. The number of carbonyl (C=O) groups is 1. The third-order valence-corrected chi connectivity index (χ3v) is 3.93. The van der Waals surface area contributed by atoms with E-state index in [1.54, 1.807) is 36.4 Å². The molecule has 0 radical (unpaired) electrons. The number of amides is 1. The second-order valence-electron chi connectivity index (χ2n) is 5.62. The molecule has 0 atom stereocenters. The zero-order chi connectivity index (χ0) is 18.1. The van der Waals surface area contributed by atoms with Crippen molar-refractivity contribution in [2.75, 3.05) is 18.7 Å². The molecule has 2 aromatic carbocycles. The summed E-state index contributed by atoms with van der Waals surface area (Å²) < 4.78 is 21.6. The molecule has 7 heteroatoms. The van der Waals surface area contributed by atoms with Gasteiger partial charge in [0.25, 0.3) is 5.91 Å². The molecular formula is C19H16N2O5. The van der Waals surface area contributed by atoms with Crippen molar-refractivity contribution in [1.29, 1.82) is 5.41 Å². The largest absolute Gasteiger partial charge is 0.490 e. The van der Waals surface area contributed by atoms with Crippen LogP contribution in [0.25, 0.3) is 11.0 Å². The number of nitrogens with one attached hydrogen (secondary N) is 2. The smallest absolute Gasteiger partial charge is 0.261 e. The lowest BCUT2D eigenvalue weighted by molar-refractivity contribution is 0.102. The molecule has 0 unspecified atom stereocenters. The van der Waals surface area contributed by atoms with E-state index >= 15 is 0 Å². The van der Waals surface area contributed by atoms with E-state index in [1.165, 1.54) is 0 Å². The third kappa shape index (κ3) is 2.83. The third-order valence-electron chi connectivity index (χ3n) is 3.93. The number of fused-ring (bicyclic) bond motifs is 2. The fourth-order valence-electron chi connectivity index (χ4n) is 2.74. The van der Waals surface area contributed by atoms with Gasteiger partial charge in [0, 0.05) is 17.1 Å². The van der Waals surface area contributed by atoms with Crippen LogP contribution < -0.4 is 25.1 Å². The Morgan fingerprint density at radius 1 is 1.19 bits per heavy atom. The highest BCUT2D eigenvalue weighted by atomic mass is 16.7. The molecule has 1 aromatic heterocycles. The summed E-state index contributed by atoms with van der Waals surface area (Å²) in [7, 11) is 0. The zero-order valence-electron chi connectivity index (χ0n) is 14.0. The van der Waals surface area contributed by atoms with Crippen LogP contribution in [0.15, 0.2) is 46.9 Å². The van der Waals surface area contributed by atoms with E-state index < -0.39 is 5.91 Å². The van der Waals surface area contributed by atoms with Gasteiger partial charge in [-0.1, -0.05) is 12.1 Å². The van der Waals surface area contributed by atoms with E-state index in [0.717, 1.165) is 0 Å². The molecule has 132 valence electrons. The van der Waals surface area contributed by atoms with Gasteiger partial charge < -0.3 is 23.9 Å². The van der Waals surface area contributed by atoms with Crippen LogP contribution in [0.5, 0.6) is 17.2 Å². The van der Waals surface area contributed by atoms with Crippen LogP contribution in [-0.4, -0.2) is 19.3 Å². The van der Waals surface area contributed by atoms with Gasteiger partial charge in [-0.05, 0) is 31.2 Å². The van der Waals surface area contributed by atoms with E-state index in [9.17, 15) is 4.79 Å². The lowest BCUT2D eigenvalue weighted by Crippen LogP contribution is -2.20. The van der Waals surface area contributed by atoms with Gasteiger partial charge in [-0.15, -0.1) is 0 Å². The number of anilines is 1. The molecule has 0 aliphatic carbocycles. The van der Waals surface area contributed by atoms with Gasteiger partial charge in [0.15, 0.2) is 22.8 Å². The molecule has 0 bridgehead atoms. The van der Waals surface area contributed by atoms with Gasteiger partial charge in [0.1, 0.15) is 5.56 Å².